The van der Waals surface area contributed by atoms with Crippen LogP contribution >= 0.6 is 0 Å². The number of carboxylic acid groups (broad SMARTS) is 1. The zero-order chi connectivity index (χ0) is 16.4. The molecule has 0 aromatic carbocycles. The van der Waals surface area contributed by atoms with Crippen molar-refractivity contribution in [3.63, 3.8) is 0 Å². The molecule has 120 valence electrons. The SMILES string of the molecule is C[C@H](NC(=O)CCCN)C(=O)N[C@@H](C)C(=O)NCC(=O)O. The van der Waals surface area contributed by atoms with Crippen molar-refractivity contribution >= 4 is 23.7 Å². The number of nitrogens with one attached hydrogen (secondary N) is 3. The number of amides is 3. The standard InChI is InChI=1S/C12H22N4O5/c1-7(11(20)14-6-10(18)19)16-12(21)8(2)15-9(17)4-3-5-13/h7-8H,3-6,13H2,1-2H3,(H,14,20)(H,15,17)(H,16,21)(H,18,19)/t7-,8-/m0/s1. The van der Waals surface area contributed by atoms with Gasteiger partial charge < -0.3 is 26.8 Å². The van der Waals surface area contributed by atoms with Gasteiger partial charge in [-0.05, 0) is 26.8 Å². The molecule has 0 bridgehead atoms. The highest BCUT2D eigenvalue weighted by Crippen LogP contribution is 1.91. The molecule has 0 aliphatic carbocycles. The van der Waals surface area contributed by atoms with Crippen LogP contribution in [0.15, 0.2) is 0 Å². The van der Waals surface area contributed by atoms with E-state index in [1.54, 1.807) is 0 Å². The molecule has 9 heteroatoms. The van der Waals surface area contributed by atoms with Crippen LogP contribution in [0.25, 0.3) is 0 Å². The van der Waals surface area contributed by atoms with E-state index in [0.29, 0.717) is 13.0 Å². The molecule has 21 heavy (non-hydrogen) atoms. The molecule has 0 aromatic heterocycles. The molecular formula is C12H22N4O5. The van der Waals surface area contributed by atoms with E-state index >= 15 is 0 Å². The Labute approximate surface area is 122 Å². The molecule has 0 saturated heterocycles. The maximum atomic E-state index is 11.8. The summed E-state index contributed by atoms with van der Waals surface area (Å²) in [7, 11) is 0. The van der Waals surface area contributed by atoms with Gasteiger partial charge in [0, 0.05) is 6.42 Å². The van der Waals surface area contributed by atoms with Crippen molar-refractivity contribution in [3.8, 4) is 0 Å². The first kappa shape index (κ1) is 18.8. The molecule has 3 amide bonds. The van der Waals surface area contributed by atoms with Crippen molar-refractivity contribution in [3.05, 3.63) is 0 Å². The van der Waals surface area contributed by atoms with Gasteiger partial charge in [0.15, 0.2) is 0 Å². The van der Waals surface area contributed by atoms with Crippen molar-refractivity contribution in [2.24, 2.45) is 5.73 Å². The van der Waals surface area contributed by atoms with Crippen molar-refractivity contribution < 1.29 is 24.3 Å². The Balaban J connectivity index is 4.18. The van der Waals surface area contributed by atoms with Crippen LogP contribution in [-0.2, 0) is 19.2 Å². The summed E-state index contributed by atoms with van der Waals surface area (Å²) in [6.45, 7) is 2.76. The highest BCUT2D eigenvalue weighted by atomic mass is 16.4. The van der Waals surface area contributed by atoms with Crippen LogP contribution in [-0.4, -0.2) is 54.0 Å². The summed E-state index contributed by atoms with van der Waals surface area (Å²) in [6.07, 6.45) is 0.747. The van der Waals surface area contributed by atoms with Crippen molar-refractivity contribution in [1.82, 2.24) is 16.0 Å². The summed E-state index contributed by atoms with van der Waals surface area (Å²) in [6, 6.07) is -1.70. The summed E-state index contributed by atoms with van der Waals surface area (Å²) in [4.78, 5) is 45.0. The van der Waals surface area contributed by atoms with Crippen LogP contribution in [0.2, 0.25) is 0 Å². The van der Waals surface area contributed by atoms with E-state index in [4.69, 9.17) is 10.8 Å². The predicted octanol–water partition coefficient (Wildman–Crippen LogP) is -2.06. The highest BCUT2D eigenvalue weighted by molar-refractivity contribution is 5.92. The number of rotatable bonds is 9. The number of carbonyl (C=O) groups excluding carboxylic acids is 3. The van der Waals surface area contributed by atoms with Gasteiger partial charge in [-0.15, -0.1) is 0 Å². The first-order valence-electron chi connectivity index (χ1n) is 6.57. The molecule has 0 rings (SSSR count). The van der Waals surface area contributed by atoms with E-state index in [1.165, 1.54) is 13.8 Å². The third kappa shape index (κ3) is 8.58. The fourth-order valence-corrected chi connectivity index (χ4v) is 1.36. The van der Waals surface area contributed by atoms with Crippen LogP contribution in [0.1, 0.15) is 26.7 Å². The molecule has 0 unspecified atom stereocenters. The Bertz CT molecular complexity index is 399. The summed E-state index contributed by atoms with van der Waals surface area (Å²) in [5.41, 5.74) is 5.27. The number of nitrogens with two attached hydrogens (primary N) is 1. The minimum atomic E-state index is -1.18. The average molecular weight is 302 g/mol. The zero-order valence-corrected chi connectivity index (χ0v) is 12.1. The van der Waals surface area contributed by atoms with Crippen LogP contribution in [0.3, 0.4) is 0 Å². The van der Waals surface area contributed by atoms with Crippen LogP contribution in [0.4, 0.5) is 0 Å². The number of carboxylic acids is 1. The van der Waals surface area contributed by atoms with E-state index in [2.05, 4.69) is 16.0 Å². The topological polar surface area (TPSA) is 151 Å². The lowest BCUT2D eigenvalue weighted by atomic mass is 10.2. The normalized spacial score (nSPS) is 12.9. The largest absolute Gasteiger partial charge is 0.480 e. The molecule has 0 fully saturated rings. The third-order valence-electron chi connectivity index (χ3n) is 2.54. The first-order chi connectivity index (χ1) is 9.77. The molecule has 6 N–H and O–H groups in total. The lowest BCUT2D eigenvalue weighted by molar-refractivity contribution is -0.138. The Morgan fingerprint density at radius 3 is 2.14 bits per heavy atom. The van der Waals surface area contributed by atoms with E-state index in [1.807, 2.05) is 0 Å². The summed E-state index contributed by atoms with van der Waals surface area (Å²) >= 11 is 0. The van der Waals surface area contributed by atoms with Gasteiger partial charge in [0.2, 0.25) is 17.7 Å². The van der Waals surface area contributed by atoms with Gasteiger partial charge >= 0.3 is 5.97 Å². The number of aliphatic carboxylic acids is 1. The third-order valence-corrected chi connectivity index (χ3v) is 2.54. The second-order valence-corrected chi connectivity index (χ2v) is 4.52. The van der Waals surface area contributed by atoms with Crippen LogP contribution in [0, 0.1) is 0 Å². The molecule has 0 aromatic rings. The molecule has 0 saturated carbocycles. The maximum Gasteiger partial charge on any atom is 0.322 e. The number of carbonyl (C=O) groups is 4. The van der Waals surface area contributed by atoms with Gasteiger partial charge in [0.25, 0.3) is 0 Å². The van der Waals surface area contributed by atoms with Crippen LogP contribution < -0.4 is 21.7 Å². The molecule has 2 atom stereocenters. The van der Waals surface area contributed by atoms with Gasteiger partial charge in [-0.3, -0.25) is 19.2 Å². The fourth-order valence-electron chi connectivity index (χ4n) is 1.36. The highest BCUT2D eigenvalue weighted by Gasteiger charge is 2.20. The van der Waals surface area contributed by atoms with E-state index in [9.17, 15) is 19.2 Å². The smallest absolute Gasteiger partial charge is 0.322 e. The monoisotopic (exact) mass is 302 g/mol. The molecule has 0 radical (unpaired) electrons. The lowest BCUT2D eigenvalue weighted by Gasteiger charge is -2.18. The van der Waals surface area contributed by atoms with Gasteiger partial charge in [-0.25, -0.2) is 0 Å². The van der Waals surface area contributed by atoms with Gasteiger partial charge in [0.1, 0.15) is 18.6 Å². The second kappa shape index (κ2) is 9.70. The molecule has 0 aliphatic rings. The van der Waals surface area contributed by atoms with Crippen molar-refractivity contribution in [2.75, 3.05) is 13.1 Å². The zero-order valence-electron chi connectivity index (χ0n) is 12.1. The Hall–Kier alpha value is -2.16. The molecular weight excluding hydrogens is 280 g/mol. The Morgan fingerprint density at radius 2 is 1.62 bits per heavy atom. The Morgan fingerprint density at radius 1 is 1.05 bits per heavy atom. The second-order valence-electron chi connectivity index (χ2n) is 4.52. The lowest BCUT2D eigenvalue weighted by Crippen LogP contribution is -2.52. The Kier molecular flexibility index (Phi) is 8.70. The molecule has 0 aliphatic heterocycles. The number of hydrogen-bond acceptors (Lipinski definition) is 5. The summed E-state index contributed by atoms with van der Waals surface area (Å²) < 4.78 is 0. The van der Waals surface area contributed by atoms with Crippen LogP contribution in [0.5, 0.6) is 0 Å². The summed E-state index contributed by atoms with van der Waals surface area (Å²) in [5, 5.41) is 15.4. The molecule has 9 nitrogen and oxygen atoms in total. The van der Waals surface area contributed by atoms with E-state index < -0.39 is 36.4 Å². The minimum Gasteiger partial charge on any atom is -0.480 e. The van der Waals surface area contributed by atoms with Gasteiger partial charge in [-0.2, -0.15) is 0 Å². The average Bonchev–Trinajstić information content (AvgIpc) is 2.41. The molecule has 0 spiro atoms. The number of hydrogen-bond donors (Lipinski definition) is 5. The first-order valence-corrected chi connectivity index (χ1v) is 6.57. The quantitative estimate of drug-likeness (QED) is 0.330. The van der Waals surface area contributed by atoms with E-state index in [0.717, 1.165) is 0 Å². The van der Waals surface area contributed by atoms with Gasteiger partial charge in [-0.1, -0.05) is 0 Å². The fraction of sp³-hybridized carbons (Fsp3) is 0.667. The predicted molar refractivity (Wildman–Crippen MR) is 74.1 cm³/mol. The van der Waals surface area contributed by atoms with E-state index in [-0.39, 0.29) is 12.3 Å². The minimum absolute atomic E-state index is 0.225. The molecule has 0 heterocycles. The maximum absolute atomic E-state index is 11.8. The van der Waals surface area contributed by atoms with Crippen molar-refractivity contribution in [1.29, 1.82) is 0 Å². The van der Waals surface area contributed by atoms with Crippen molar-refractivity contribution in [2.45, 2.75) is 38.8 Å². The summed E-state index contributed by atoms with van der Waals surface area (Å²) in [5.74, 6) is -2.63. The van der Waals surface area contributed by atoms with Gasteiger partial charge in [0.05, 0.1) is 0 Å².